The van der Waals surface area contributed by atoms with E-state index in [1.807, 2.05) is 0 Å². The molecule has 0 amide bonds. The number of fused-ring (bicyclic) bond motifs is 5. The second kappa shape index (κ2) is 29.9. The summed E-state index contributed by atoms with van der Waals surface area (Å²) in [6.07, 6.45) is 44.3. The first-order valence-electron chi connectivity index (χ1n) is 28.3. The number of allylic oxidation sites excluding steroid dienone is 5. The minimum Gasteiger partial charge on any atom is -0.463 e. The molecule has 1 saturated heterocycles. The Hall–Kier alpha value is -1.96. The first-order valence-corrected chi connectivity index (χ1v) is 28.3. The highest BCUT2D eigenvalue weighted by Crippen LogP contribution is 2.67. The van der Waals surface area contributed by atoms with Gasteiger partial charge < -0.3 is 23.8 Å². The lowest BCUT2D eigenvalue weighted by molar-refractivity contribution is -0.156. The SMILES string of the molecule is CCCCCC=CCC=CCCCCCCCCOCC(CN1CCCCC1)OCCOC(=O)CCC(=O)O[C@H]1CC[C@@]2(C)C(=CC[C@H]3[C@@H]4CC[C@H]([C@H](C)CCCC(C)C)[C@@]4(C)CC[C@@H]32)C1. The number of likely N-dealkylation sites (tertiary alicyclic amines) is 1. The van der Waals surface area contributed by atoms with Crippen molar-refractivity contribution in [1.82, 2.24) is 4.90 Å². The Bertz CT molecular complexity index is 1470. The van der Waals surface area contributed by atoms with Crippen LogP contribution in [0.5, 0.6) is 0 Å². The molecule has 4 fully saturated rings. The Morgan fingerprint density at radius 1 is 0.758 bits per heavy atom. The molecule has 378 valence electrons. The summed E-state index contributed by atoms with van der Waals surface area (Å²) >= 11 is 0. The van der Waals surface area contributed by atoms with E-state index in [4.69, 9.17) is 18.9 Å². The largest absolute Gasteiger partial charge is 0.463 e. The van der Waals surface area contributed by atoms with Crippen LogP contribution >= 0.6 is 0 Å². The zero-order valence-electron chi connectivity index (χ0n) is 43.7. The van der Waals surface area contributed by atoms with Gasteiger partial charge in [-0.3, -0.25) is 9.59 Å². The van der Waals surface area contributed by atoms with E-state index in [-0.39, 0.29) is 49.0 Å². The number of rotatable bonds is 32. The predicted octanol–water partition coefficient (Wildman–Crippen LogP) is 15.0. The van der Waals surface area contributed by atoms with Crippen LogP contribution in [0.4, 0.5) is 0 Å². The fourth-order valence-electron chi connectivity index (χ4n) is 13.6. The fraction of sp³-hybridized carbons (Fsp3) is 0.864. The van der Waals surface area contributed by atoms with Crippen LogP contribution in [-0.4, -0.2) is 75.1 Å². The lowest BCUT2D eigenvalue weighted by Crippen LogP contribution is -2.51. The zero-order chi connectivity index (χ0) is 47.0. The smallest absolute Gasteiger partial charge is 0.306 e. The molecular weight excluding hydrogens is 819 g/mol. The van der Waals surface area contributed by atoms with E-state index in [2.05, 4.69) is 76.8 Å². The zero-order valence-corrected chi connectivity index (χ0v) is 43.7. The van der Waals surface area contributed by atoms with Crippen LogP contribution in [0.15, 0.2) is 36.0 Å². The summed E-state index contributed by atoms with van der Waals surface area (Å²) < 4.78 is 24.0. The van der Waals surface area contributed by atoms with Gasteiger partial charge in [0.1, 0.15) is 12.7 Å². The van der Waals surface area contributed by atoms with E-state index in [0.717, 1.165) is 93.9 Å². The van der Waals surface area contributed by atoms with E-state index in [9.17, 15) is 9.59 Å². The Labute approximate surface area is 405 Å². The van der Waals surface area contributed by atoms with E-state index >= 15 is 0 Å². The second-order valence-corrected chi connectivity index (χ2v) is 22.9. The molecule has 0 aromatic carbocycles. The molecular formula is C59H101NO6. The Balaban J connectivity index is 0.923. The van der Waals surface area contributed by atoms with Crippen LogP contribution in [0, 0.1) is 46.3 Å². The first kappa shape index (κ1) is 55.0. The number of nitrogens with zero attached hydrogens (tertiary/aromatic N) is 1. The van der Waals surface area contributed by atoms with Crippen molar-refractivity contribution in [3.63, 3.8) is 0 Å². The number of carbonyl (C=O) groups is 2. The molecule has 0 aromatic heterocycles. The maximum absolute atomic E-state index is 13.0. The fourth-order valence-corrected chi connectivity index (χ4v) is 13.6. The molecule has 9 atom stereocenters. The van der Waals surface area contributed by atoms with Gasteiger partial charge in [-0.1, -0.05) is 142 Å². The molecule has 1 unspecified atom stereocenters. The predicted molar refractivity (Wildman–Crippen MR) is 273 cm³/mol. The van der Waals surface area contributed by atoms with Crippen LogP contribution in [0.25, 0.3) is 0 Å². The average molecular weight is 920 g/mol. The van der Waals surface area contributed by atoms with Crippen LogP contribution in [0.2, 0.25) is 0 Å². The minimum atomic E-state index is -0.363. The third kappa shape index (κ3) is 17.8. The molecule has 66 heavy (non-hydrogen) atoms. The molecule has 0 spiro atoms. The average Bonchev–Trinajstić information content (AvgIpc) is 3.67. The summed E-state index contributed by atoms with van der Waals surface area (Å²) in [6, 6.07) is 0. The molecule has 1 aliphatic heterocycles. The Morgan fingerprint density at radius 2 is 1.48 bits per heavy atom. The molecule has 0 aromatic rings. The van der Waals surface area contributed by atoms with Crippen molar-refractivity contribution in [3.05, 3.63) is 36.0 Å². The Kier molecular flexibility index (Phi) is 24.9. The van der Waals surface area contributed by atoms with Crippen LogP contribution < -0.4 is 0 Å². The van der Waals surface area contributed by atoms with Crippen molar-refractivity contribution in [2.45, 2.75) is 234 Å². The van der Waals surface area contributed by atoms with Gasteiger partial charge in [0.05, 0.1) is 32.2 Å². The summed E-state index contributed by atoms with van der Waals surface area (Å²) in [6.45, 7) is 19.7. The van der Waals surface area contributed by atoms with Gasteiger partial charge in [-0.15, -0.1) is 0 Å². The second-order valence-electron chi connectivity index (χ2n) is 22.9. The molecule has 5 rings (SSSR count). The van der Waals surface area contributed by atoms with E-state index in [1.54, 1.807) is 0 Å². The standard InChI is InChI=1S/C59H101NO6/c1-7-8-9-10-11-12-13-14-15-16-17-18-19-20-21-25-41-63-46-51(45-60-39-23-22-24-40-60)64-42-43-65-56(61)33-34-57(62)66-50-35-37-58(5)49(44-50)29-30-52-54-32-31-53(48(4)28-26-27-47(2)3)59(54,6)38-36-55(52)58/h11-12,14-15,29,47-48,50-55H,7-10,13,16-28,30-46H2,1-6H3/t48-,50+,51?,52+,53-,54+,55+,58+,59-/m1/s1. The van der Waals surface area contributed by atoms with Crippen LogP contribution in [0.1, 0.15) is 221 Å². The Morgan fingerprint density at radius 3 is 2.24 bits per heavy atom. The van der Waals surface area contributed by atoms with Crippen molar-refractivity contribution in [1.29, 1.82) is 0 Å². The third-order valence-corrected chi connectivity index (χ3v) is 17.5. The topological polar surface area (TPSA) is 74.3 Å². The van der Waals surface area contributed by atoms with Gasteiger partial charge in [0.15, 0.2) is 0 Å². The molecule has 7 nitrogen and oxygen atoms in total. The highest BCUT2D eigenvalue weighted by atomic mass is 16.6. The molecule has 0 N–H and O–H groups in total. The van der Waals surface area contributed by atoms with Gasteiger partial charge in [-0.25, -0.2) is 0 Å². The summed E-state index contributed by atoms with van der Waals surface area (Å²) in [5, 5.41) is 0. The summed E-state index contributed by atoms with van der Waals surface area (Å²) in [7, 11) is 0. The van der Waals surface area contributed by atoms with Crippen LogP contribution in [-0.2, 0) is 28.5 Å². The van der Waals surface area contributed by atoms with Gasteiger partial charge in [-0.2, -0.15) is 0 Å². The number of piperidine rings is 1. The number of hydrogen-bond donors (Lipinski definition) is 0. The molecule has 5 aliphatic rings. The number of unbranched alkanes of at least 4 members (excludes halogenated alkanes) is 9. The monoisotopic (exact) mass is 920 g/mol. The van der Waals surface area contributed by atoms with Crippen molar-refractivity contribution in [3.8, 4) is 0 Å². The van der Waals surface area contributed by atoms with Gasteiger partial charge in [-0.05, 0) is 156 Å². The molecule has 3 saturated carbocycles. The quantitative estimate of drug-likeness (QED) is 0.0378. The van der Waals surface area contributed by atoms with Crippen LogP contribution in [0.3, 0.4) is 0 Å². The van der Waals surface area contributed by atoms with Crippen molar-refractivity contribution < 1.29 is 28.5 Å². The molecule has 0 bridgehead atoms. The highest BCUT2D eigenvalue weighted by molar-refractivity contribution is 5.77. The third-order valence-electron chi connectivity index (χ3n) is 17.5. The summed E-state index contributed by atoms with van der Waals surface area (Å²) in [4.78, 5) is 28.2. The van der Waals surface area contributed by atoms with Crippen molar-refractivity contribution in [2.24, 2.45) is 46.3 Å². The normalized spacial score (nSPS) is 28.8. The van der Waals surface area contributed by atoms with Gasteiger partial charge in [0, 0.05) is 19.6 Å². The van der Waals surface area contributed by atoms with Gasteiger partial charge in [0.2, 0.25) is 0 Å². The molecule has 7 heteroatoms. The maximum atomic E-state index is 13.0. The minimum absolute atomic E-state index is 0.0434. The molecule has 0 radical (unpaired) electrons. The van der Waals surface area contributed by atoms with Crippen molar-refractivity contribution in [2.75, 3.05) is 46.1 Å². The molecule has 4 aliphatic carbocycles. The number of hydrogen-bond acceptors (Lipinski definition) is 7. The highest BCUT2D eigenvalue weighted by Gasteiger charge is 2.59. The van der Waals surface area contributed by atoms with Crippen molar-refractivity contribution >= 4 is 11.9 Å². The lowest BCUT2D eigenvalue weighted by Gasteiger charge is -2.58. The molecule has 1 heterocycles. The van der Waals surface area contributed by atoms with E-state index < -0.39 is 0 Å². The number of carbonyl (C=O) groups excluding carboxylic acids is 2. The van der Waals surface area contributed by atoms with E-state index in [0.29, 0.717) is 18.6 Å². The maximum Gasteiger partial charge on any atom is 0.306 e. The first-order chi connectivity index (χ1) is 32.0. The summed E-state index contributed by atoms with van der Waals surface area (Å²) in [5.41, 5.74) is 2.25. The lowest BCUT2D eigenvalue weighted by atomic mass is 9.47. The van der Waals surface area contributed by atoms with Gasteiger partial charge >= 0.3 is 11.9 Å². The van der Waals surface area contributed by atoms with Gasteiger partial charge in [0.25, 0.3) is 0 Å². The van der Waals surface area contributed by atoms with E-state index in [1.165, 1.54) is 140 Å². The number of ether oxygens (including phenoxy) is 4. The number of esters is 2. The summed E-state index contributed by atoms with van der Waals surface area (Å²) in [5.74, 6) is 4.27.